The Morgan fingerprint density at radius 1 is 1.26 bits per heavy atom. The van der Waals surface area contributed by atoms with Crippen molar-refractivity contribution in [3.05, 3.63) is 22.8 Å². The fourth-order valence-corrected chi connectivity index (χ4v) is 4.61. The monoisotopic (exact) mass is 456 g/mol. The van der Waals surface area contributed by atoms with Crippen molar-refractivity contribution in [2.45, 2.75) is 57.7 Å². The van der Waals surface area contributed by atoms with Crippen LogP contribution in [0.5, 0.6) is 5.88 Å². The first-order chi connectivity index (χ1) is 14.6. The van der Waals surface area contributed by atoms with Crippen molar-refractivity contribution in [1.29, 1.82) is 0 Å². The van der Waals surface area contributed by atoms with Gasteiger partial charge in [0.2, 0.25) is 10.6 Å². The smallest absolute Gasteiger partial charge is 0.259 e. The maximum absolute atomic E-state index is 12.2. The van der Waals surface area contributed by atoms with Gasteiger partial charge in [-0.25, -0.2) is 4.98 Å². The van der Waals surface area contributed by atoms with Gasteiger partial charge in [0, 0.05) is 55.6 Å². The molecule has 1 aromatic rings. The average Bonchev–Trinajstić information content (AvgIpc) is 2.70. The lowest BCUT2D eigenvalue weighted by Gasteiger charge is -2.51. The van der Waals surface area contributed by atoms with Gasteiger partial charge in [0.25, 0.3) is 5.88 Å². The van der Waals surface area contributed by atoms with Gasteiger partial charge in [-0.15, -0.1) is 5.01 Å². The lowest BCUT2D eigenvalue weighted by molar-refractivity contribution is -0.709. The molecule has 0 aliphatic carbocycles. The van der Waals surface area contributed by atoms with Gasteiger partial charge in [0.1, 0.15) is 0 Å². The van der Waals surface area contributed by atoms with Crippen LogP contribution >= 0.6 is 11.6 Å². The molecule has 1 aromatic heterocycles. The third-order valence-electron chi connectivity index (χ3n) is 5.90. The van der Waals surface area contributed by atoms with E-state index in [0.717, 1.165) is 39.0 Å². The summed E-state index contributed by atoms with van der Waals surface area (Å²) >= 11 is 5.68. The van der Waals surface area contributed by atoms with Gasteiger partial charge >= 0.3 is 0 Å². The third-order valence-corrected chi connectivity index (χ3v) is 6.08. The first kappa shape index (κ1) is 23.9. The summed E-state index contributed by atoms with van der Waals surface area (Å²) in [6, 6.07) is 1.83. The minimum absolute atomic E-state index is 0.0291. The molecule has 3 rings (SSSR count). The Bertz CT molecular complexity index is 752. The van der Waals surface area contributed by atoms with Crippen LogP contribution in [-0.2, 0) is 0 Å². The van der Waals surface area contributed by atoms with Crippen molar-refractivity contribution in [1.82, 2.24) is 30.3 Å². The van der Waals surface area contributed by atoms with Crippen LogP contribution < -0.4 is 10.2 Å². The largest absolute Gasteiger partial charge is 0.569 e. The summed E-state index contributed by atoms with van der Waals surface area (Å²) < 4.78 is 0. The zero-order valence-corrected chi connectivity index (χ0v) is 19.4. The molecular formula is C19H33ClN8O3. The summed E-state index contributed by atoms with van der Waals surface area (Å²) in [6.07, 6.45) is 3.22. The van der Waals surface area contributed by atoms with Crippen molar-refractivity contribution >= 4 is 11.6 Å². The van der Waals surface area contributed by atoms with E-state index in [4.69, 9.17) is 16.4 Å². The molecule has 0 bridgehead atoms. The Balaban J connectivity index is 1.39. The van der Waals surface area contributed by atoms with E-state index in [-0.39, 0.29) is 22.2 Å². The fraction of sp³-hybridized carbons (Fsp3) is 0.789. The molecule has 11 nitrogen and oxygen atoms in total. The number of nitrogens with zero attached hydrogens (tertiary/aromatic N) is 7. The molecule has 2 aliphatic rings. The Morgan fingerprint density at radius 2 is 1.90 bits per heavy atom. The zero-order valence-electron chi connectivity index (χ0n) is 18.7. The lowest BCUT2D eigenvalue weighted by Crippen LogP contribution is -2.62. The molecule has 0 amide bonds. The molecule has 174 valence electrons. The number of piperidine rings is 1. The topological polar surface area (TPSA) is 115 Å². The summed E-state index contributed by atoms with van der Waals surface area (Å²) in [7, 11) is 0. The van der Waals surface area contributed by atoms with Crippen LogP contribution in [0.4, 0.5) is 0 Å². The van der Waals surface area contributed by atoms with Crippen LogP contribution in [0.3, 0.4) is 0 Å². The number of hydrogen-bond donors (Lipinski definition) is 2. The number of nitrogens with one attached hydrogen (secondary N) is 1. The van der Waals surface area contributed by atoms with Crippen LogP contribution in [-0.4, -0.2) is 91.5 Å². The third kappa shape index (κ3) is 6.36. The van der Waals surface area contributed by atoms with Crippen molar-refractivity contribution in [2.75, 3.05) is 39.3 Å². The summed E-state index contributed by atoms with van der Waals surface area (Å²) in [5, 5.41) is 32.9. The Kier molecular flexibility index (Phi) is 7.53. The van der Waals surface area contributed by atoms with E-state index in [0.29, 0.717) is 24.1 Å². The first-order valence-corrected chi connectivity index (χ1v) is 11.0. The highest BCUT2D eigenvalue weighted by Crippen LogP contribution is 2.36. The number of piperazine rings is 1. The average molecular weight is 457 g/mol. The summed E-state index contributed by atoms with van der Waals surface area (Å²) in [6.45, 7) is 12.7. The molecule has 0 saturated carbocycles. The molecule has 0 aromatic carbocycles. The Morgan fingerprint density at radius 3 is 2.52 bits per heavy atom. The van der Waals surface area contributed by atoms with Gasteiger partial charge in [0.15, 0.2) is 0 Å². The van der Waals surface area contributed by atoms with E-state index in [1.807, 2.05) is 0 Å². The minimum atomic E-state index is -0.259. The van der Waals surface area contributed by atoms with Gasteiger partial charge in [-0.05, 0) is 52.1 Å². The van der Waals surface area contributed by atoms with Crippen molar-refractivity contribution < 1.29 is 15.0 Å². The van der Waals surface area contributed by atoms with Crippen LogP contribution in [0.2, 0.25) is 5.28 Å². The van der Waals surface area contributed by atoms with Gasteiger partial charge < -0.3 is 15.7 Å². The molecule has 2 aliphatic heterocycles. The SMILES string of the molecule is CC1(C)CC(NCCN2CCN(/[N+]([O-])=N/Oc3ccnc(Cl)n3)CC2)CC(C)(C)N1O. The highest BCUT2D eigenvalue weighted by Gasteiger charge is 2.44. The fourth-order valence-electron chi connectivity index (χ4n) is 4.47. The maximum Gasteiger partial charge on any atom is 0.259 e. The van der Waals surface area contributed by atoms with Gasteiger partial charge in [0.05, 0.1) is 18.1 Å². The van der Waals surface area contributed by atoms with Gasteiger partial charge in [-0.2, -0.15) is 10.0 Å². The normalized spacial score (nSPS) is 23.2. The molecule has 2 saturated heterocycles. The number of hydrazine groups is 1. The van der Waals surface area contributed by atoms with Crippen LogP contribution in [0.1, 0.15) is 40.5 Å². The second kappa shape index (κ2) is 9.78. The van der Waals surface area contributed by atoms with Crippen molar-refractivity contribution in [2.24, 2.45) is 5.28 Å². The van der Waals surface area contributed by atoms with Gasteiger partial charge in [-0.3, -0.25) is 9.74 Å². The molecule has 0 radical (unpaired) electrons. The first-order valence-electron chi connectivity index (χ1n) is 10.6. The maximum atomic E-state index is 12.2. The number of aromatic nitrogens is 2. The van der Waals surface area contributed by atoms with Crippen molar-refractivity contribution in [3.8, 4) is 5.88 Å². The minimum Gasteiger partial charge on any atom is -0.569 e. The standard InChI is InChI=1S/C19H33ClN8O3/c1-18(2)13-15(14-19(3,4)27(18)29)21-7-8-25-9-11-26(12-10-25)28(30)24-31-16-5-6-22-17(20)23-16/h5-6,15,21,29H,7-14H2,1-4H3/b28-24-. The molecule has 2 fully saturated rings. The predicted octanol–water partition coefficient (Wildman–Crippen LogP) is 1.92. The number of hydroxylamine groups is 2. The van der Waals surface area contributed by atoms with Crippen molar-refractivity contribution in [3.63, 3.8) is 0 Å². The molecular weight excluding hydrogens is 424 g/mol. The molecule has 31 heavy (non-hydrogen) atoms. The van der Waals surface area contributed by atoms with Crippen LogP contribution in [0.25, 0.3) is 0 Å². The summed E-state index contributed by atoms with van der Waals surface area (Å²) in [5.41, 5.74) is -0.517. The Labute approximate surface area is 188 Å². The van der Waals surface area contributed by atoms with E-state index >= 15 is 0 Å². The molecule has 12 heteroatoms. The highest BCUT2D eigenvalue weighted by atomic mass is 35.5. The molecule has 2 N–H and O–H groups in total. The predicted molar refractivity (Wildman–Crippen MR) is 115 cm³/mol. The molecule has 0 spiro atoms. The second-order valence-corrected chi connectivity index (χ2v) is 9.72. The van der Waals surface area contributed by atoms with Gasteiger partial charge in [-0.1, -0.05) is 0 Å². The van der Waals surface area contributed by atoms with E-state index in [1.54, 1.807) is 5.01 Å². The molecule has 3 heterocycles. The van der Waals surface area contributed by atoms with E-state index in [2.05, 4.69) is 53.2 Å². The molecule has 0 atom stereocenters. The van der Waals surface area contributed by atoms with Crippen LogP contribution in [0.15, 0.2) is 17.5 Å². The lowest BCUT2D eigenvalue weighted by atomic mass is 9.79. The Hall–Kier alpha value is -1.79. The molecule has 0 unspecified atom stereocenters. The van der Waals surface area contributed by atoms with E-state index < -0.39 is 0 Å². The van der Waals surface area contributed by atoms with Crippen LogP contribution in [0, 0.1) is 5.21 Å². The zero-order chi connectivity index (χ0) is 22.6. The second-order valence-electron chi connectivity index (χ2n) is 9.38. The number of halogens is 1. The number of rotatable bonds is 7. The quantitative estimate of drug-likeness (QED) is 0.274. The summed E-state index contributed by atoms with van der Waals surface area (Å²) in [4.78, 5) is 15.4. The highest BCUT2D eigenvalue weighted by molar-refractivity contribution is 6.28. The number of hydrogen-bond acceptors (Lipinski definition) is 9. The summed E-state index contributed by atoms with van der Waals surface area (Å²) in [5.74, 6) is 0.115. The van der Waals surface area contributed by atoms with E-state index in [1.165, 1.54) is 17.3 Å². The van der Waals surface area contributed by atoms with E-state index in [9.17, 15) is 10.4 Å².